The second kappa shape index (κ2) is 7.19. The van der Waals surface area contributed by atoms with Crippen LogP contribution in [0.15, 0.2) is 48.2 Å². The van der Waals surface area contributed by atoms with Gasteiger partial charge in [0.15, 0.2) is 0 Å². The van der Waals surface area contributed by atoms with Crippen molar-refractivity contribution in [3.05, 3.63) is 58.8 Å². The minimum absolute atomic E-state index is 0.0486. The van der Waals surface area contributed by atoms with Crippen LogP contribution in [-0.4, -0.2) is 27.2 Å². The fourth-order valence-electron chi connectivity index (χ4n) is 2.75. The first-order valence-electron chi connectivity index (χ1n) is 8.57. The average Bonchev–Trinajstić information content (AvgIpc) is 3.10. The van der Waals surface area contributed by atoms with Gasteiger partial charge in [-0.2, -0.15) is 5.10 Å². The summed E-state index contributed by atoms with van der Waals surface area (Å²) in [7, 11) is 0. The Labute approximate surface area is 150 Å². The van der Waals surface area contributed by atoms with E-state index < -0.39 is 0 Å². The molecule has 0 unspecified atom stereocenters. The number of benzene rings is 1. The largest absolute Gasteiger partial charge is 0.352 e. The van der Waals surface area contributed by atoms with Crippen LogP contribution in [0.2, 0.25) is 0 Å². The van der Waals surface area contributed by atoms with Gasteiger partial charge in [-0.1, -0.05) is 12.1 Å². The van der Waals surface area contributed by atoms with Crippen LogP contribution in [-0.2, 0) is 13.0 Å². The maximum absolute atomic E-state index is 12.2. The molecule has 1 aliphatic carbocycles. The molecule has 1 fully saturated rings. The van der Waals surface area contributed by atoms with Crippen molar-refractivity contribution in [2.75, 3.05) is 6.54 Å². The van der Waals surface area contributed by atoms with Crippen molar-refractivity contribution >= 4 is 17.2 Å². The zero-order valence-corrected chi connectivity index (χ0v) is 14.7. The lowest BCUT2D eigenvalue weighted by Gasteiger charge is -2.05. The van der Waals surface area contributed by atoms with E-state index in [2.05, 4.69) is 21.6 Å². The normalized spacial score (nSPS) is 13.8. The van der Waals surface area contributed by atoms with Crippen LogP contribution in [0.25, 0.3) is 11.1 Å². The van der Waals surface area contributed by atoms with Crippen molar-refractivity contribution in [3.8, 4) is 11.1 Å². The Bertz CT molecular complexity index is 835. The van der Waals surface area contributed by atoms with E-state index in [-0.39, 0.29) is 5.91 Å². The van der Waals surface area contributed by atoms with Gasteiger partial charge in [-0.05, 0) is 36.5 Å². The SMILES string of the molecule is O=C(NCCc1nccs1)c1ccc(-c2cnn(CC3CC3)c2)cc1. The van der Waals surface area contributed by atoms with Crippen LogP contribution < -0.4 is 5.32 Å². The molecular weight excluding hydrogens is 332 g/mol. The summed E-state index contributed by atoms with van der Waals surface area (Å²) >= 11 is 1.61. The van der Waals surface area contributed by atoms with Crippen LogP contribution in [0.4, 0.5) is 0 Å². The van der Waals surface area contributed by atoms with E-state index in [0.717, 1.165) is 35.0 Å². The quantitative estimate of drug-likeness (QED) is 0.709. The molecule has 3 aromatic rings. The highest BCUT2D eigenvalue weighted by molar-refractivity contribution is 7.09. The van der Waals surface area contributed by atoms with Crippen LogP contribution in [0.1, 0.15) is 28.2 Å². The maximum Gasteiger partial charge on any atom is 0.251 e. The maximum atomic E-state index is 12.2. The summed E-state index contributed by atoms with van der Waals surface area (Å²) in [6, 6.07) is 7.70. The zero-order valence-electron chi connectivity index (χ0n) is 13.9. The van der Waals surface area contributed by atoms with Gasteiger partial charge in [0.25, 0.3) is 5.91 Å². The van der Waals surface area contributed by atoms with Crippen molar-refractivity contribution in [3.63, 3.8) is 0 Å². The summed E-state index contributed by atoms with van der Waals surface area (Å²) in [6.07, 6.45) is 9.17. The molecule has 0 radical (unpaired) electrons. The first kappa shape index (κ1) is 16.0. The van der Waals surface area contributed by atoms with E-state index in [1.54, 1.807) is 17.5 Å². The number of carbonyl (C=O) groups is 1. The molecule has 2 heterocycles. The summed E-state index contributed by atoms with van der Waals surface area (Å²) in [6.45, 7) is 1.61. The van der Waals surface area contributed by atoms with Crippen molar-refractivity contribution in [2.45, 2.75) is 25.8 Å². The van der Waals surface area contributed by atoms with E-state index in [1.807, 2.05) is 40.5 Å². The van der Waals surface area contributed by atoms with Gasteiger partial charge in [0.05, 0.1) is 11.2 Å². The predicted molar refractivity (Wildman–Crippen MR) is 98.5 cm³/mol. The van der Waals surface area contributed by atoms with Gasteiger partial charge in [-0.3, -0.25) is 9.48 Å². The highest BCUT2D eigenvalue weighted by atomic mass is 32.1. The van der Waals surface area contributed by atoms with Crippen molar-refractivity contribution in [1.82, 2.24) is 20.1 Å². The molecule has 1 aromatic carbocycles. The second-order valence-electron chi connectivity index (χ2n) is 6.40. The van der Waals surface area contributed by atoms with E-state index in [9.17, 15) is 4.79 Å². The molecule has 1 N–H and O–H groups in total. The molecular formula is C19H20N4OS. The molecule has 2 aromatic heterocycles. The molecule has 0 aliphatic heterocycles. The monoisotopic (exact) mass is 352 g/mol. The van der Waals surface area contributed by atoms with E-state index >= 15 is 0 Å². The van der Waals surface area contributed by atoms with E-state index in [4.69, 9.17) is 0 Å². The highest BCUT2D eigenvalue weighted by Crippen LogP contribution is 2.30. The van der Waals surface area contributed by atoms with E-state index in [1.165, 1.54) is 12.8 Å². The molecule has 128 valence electrons. The Morgan fingerprint density at radius 3 is 2.80 bits per heavy atom. The molecule has 0 bridgehead atoms. The number of rotatable bonds is 7. The van der Waals surface area contributed by atoms with Gasteiger partial charge in [-0.15, -0.1) is 11.3 Å². The first-order valence-corrected chi connectivity index (χ1v) is 9.45. The summed E-state index contributed by atoms with van der Waals surface area (Å²) in [5, 5.41) is 10.4. The fourth-order valence-corrected chi connectivity index (χ4v) is 3.37. The van der Waals surface area contributed by atoms with Crippen LogP contribution >= 0.6 is 11.3 Å². The molecule has 4 rings (SSSR count). The Kier molecular flexibility index (Phi) is 4.61. The fraction of sp³-hybridized carbons (Fsp3) is 0.316. The smallest absolute Gasteiger partial charge is 0.251 e. The number of thiazole rings is 1. The number of aromatic nitrogens is 3. The van der Waals surface area contributed by atoms with Gasteiger partial charge < -0.3 is 5.32 Å². The molecule has 6 heteroatoms. The average molecular weight is 352 g/mol. The molecule has 0 spiro atoms. The summed E-state index contributed by atoms with van der Waals surface area (Å²) < 4.78 is 2.02. The molecule has 0 atom stereocenters. The van der Waals surface area contributed by atoms with Crippen molar-refractivity contribution in [1.29, 1.82) is 0 Å². The Morgan fingerprint density at radius 2 is 2.08 bits per heavy atom. The summed E-state index contributed by atoms with van der Waals surface area (Å²) in [4.78, 5) is 16.4. The number of amides is 1. The van der Waals surface area contributed by atoms with Crippen LogP contribution in [0.3, 0.4) is 0 Å². The van der Waals surface area contributed by atoms with Gasteiger partial charge in [0.2, 0.25) is 0 Å². The lowest BCUT2D eigenvalue weighted by atomic mass is 10.1. The molecule has 1 amide bonds. The molecule has 5 nitrogen and oxygen atoms in total. The zero-order chi connectivity index (χ0) is 17.1. The Balaban J connectivity index is 1.34. The van der Waals surface area contributed by atoms with E-state index in [0.29, 0.717) is 12.1 Å². The standard InChI is InChI=1S/C19H20N4OS/c24-19(21-8-7-18-20-9-10-25-18)16-5-3-15(4-6-16)17-11-22-23(13-17)12-14-1-2-14/h3-6,9-11,13-14H,1-2,7-8,12H2,(H,21,24). The minimum atomic E-state index is -0.0486. The lowest BCUT2D eigenvalue weighted by Crippen LogP contribution is -2.25. The highest BCUT2D eigenvalue weighted by Gasteiger charge is 2.22. The summed E-state index contributed by atoms with van der Waals surface area (Å²) in [5.74, 6) is 0.760. The predicted octanol–water partition coefficient (Wildman–Crippen LogP) is 3.39. The third-order valence-corrected chi connectivity index (χ3v) is 5.20. The molecule has 0 saturated heterocycles. The van der Waals surface area contributed by atoms with Crippen LogP contribution in [0, 0.1) is 5.92 Å². The Morgan fingerprint density at radius 1 is 1.24 bits per heavy atom. The second-order valence-corrected chi connectivity index (χ2v) is 7.38. The van der Waals surface area contributed by atoms with Crippen molar-refractivity contribution < 1.29 is 4.79 Å². The first-order chi connectivity index (χ1) is 12.3. The molecule has 25 heavy (non-hydrogen) atoms. The van der Waals surface area contributed by atoms with Gasteiger partial charge in [0, 0.05) is 48.4 Å². The third kappa shape index (κ3) is 4.14. The number of nitrogens with zero attached hydrogens (tertiary/aromatic N) is 3. The number of nitrogens with one attached hydrogen (secondary N) is 1. The Hall–Kier alpha value is -2.47. The van der Waals surface area contributed by atoms with Gasteiger partial charge >= 0.3 is 0 Å². The topological polar surface area (TPSA) is 59.8 Å². The molecule has 1 aliphatic rings. The third-order valence-electron chi connectivity index (χ3n) is 4.36. The number of hydrogen-bond donors (Lipinski definition) is 1. The minimum Gasteiger partial charge on any atom is -0.352 e. The lowest BCUT2D eigenvalue weighted by molar-refractivity contribution is 0.0954. The molecule has 1 saturated carbocycles. The number of hydrogen-bond acceptors (Lipinski definition) is 4. The van der Waals surface area contributed by atoms with Gasteiger partial charge in [-0.25, -0.2) is 4.98 Å². The van der Waals surface area contributed by atoms with Crippen molar-refractivity contribution in [2.24, 2.45) is 5.92 Å². The van der Waals surface area contributed by atoms with Gasteiger partial charge in [0.1, 0.15) is 0 Å². The number of carbonyl (C=O) groups excluding carboxylic acids is 1. The van der Waals surface area contributed by atoms with Crippen LogP contribution in [0.5, 0.6) is 0 Å². The summed E-state index contributed by atoms with van der Waals surface area (Å²) in [5.41, 5.74) is 2.85.